The van der Waals surface area contributed by atoms with Crippen molar-refractivity contribution in [2.75, 3.05) is 18.6 Å². The van der Waals surface area contributed by atoms with Crippen molar-refractivity contribution >= 4 is 11.8 Å². The lowest BCUT2D eigenvalue weighted by Gasteiger charge is -2.29. The fraction of sp³-hybridized carbons (Fsp3) is 1.00. The van der Waals surface area contributed by atoms with Gasteiger partial charge in [0.2, 0.25) is 0 Å². The summed E-state index contributed by atoms with van der Waals surface area (Å²) in [7, 11) is 0. The molecule has 0 spiro atoms. The van der Waals surface area contributed by atoms with Gasteiger partial charge in [-0.3, -0.25) is 0 Å². The summed E-state index contributed by atoms with van der Waals surface area (Å²) in [6, 6.07) is 0.800. The molecule has 20 heavy (non-hydrogen) atoms. The van der Waals surface area contributed by atoms with E-state index >= 15 is 0 Å². The molecule has 0 amide bonds. The van der Waals surface area contributed by atoms with Gasteiger partial charge < -0.3 is 5.32 Å². The summed E-state index contributed by atoms with van der Waals surface area (Å²) in [6.07, 6.45) is 14.9. The van der Waals surface area contributed by atoms with E-state index in [0.29, 0.717) is 5.41 Å². The van der Waals surface area contributed by atoms with Crippen LogP contribution in [0.25, 0.3) is 0 Å². The van der Waals surface area contributed by atoms with Gasteiger partial charge in [-0.2, -0.15) is 11.8 Å². The maximum Gasteiger partial charge on any atom is 0.00671 e. The minimum atomic E-state index is 0.506. The Kier molecular flexibility index (Phi) is 9.28. The first-order valence-corrected chi connectivity index (χ1v) is 10.2. The van der Waals surface area contributed by atoms with Gasteiger partial charge in [-0.25, -0.2) is 0 Å². The number of hydrogen-bond donors (Lipinski definition) is 1. The molecule has 0 aliphatic heterocycles. The predicted octanol–water partition coefficient (Wildman–Crippen LogP) is 5.49. The third-order valence-electron chi connectivity index (χ3n) is 4.90. The van der Waals surface area contributed by atoms with Crippen molar-refractivity contribution in [3.8, 4) is 0 Å². The number of unbranched alkanes of at least 4 members (excludes halogenated alkanes) is 3. The Bertz CT molecular complexity index is 234. The molecule has 2 heteroatoms. The first kappa shape index (κ1) is 18.4. The molecule has 0 radical (unpaired) electrons. The van der Waals surface area contributed by atoms with Crippen LogP contribution in [0, 0.1) is 11.3 Å². The average molecular weight is 300 g/mol. The first-order chi connectivity index (χ1) is 9.54. The van der Waals surface area contributed by atoms with Gasteiger partial charge in [0, 0.05) is 6.04 Å². The Morgan fingerprint density at radius 1 is 0.950 bits per heavy atom. The fourth-order valence-electron chi connectivity index (χ4n) is 3.40. The third-order valence-corrected chi connectivity index (χ3v) is 5.60. The lowest BCUT2D eigenvalue weighted by molar-refractivity contribution is 0.213. The highest BCUT2D eigenvalue weighted by Crippen LogP contribution is 2.36. The van der Waals surface area contributed by atoms with Crippen molar-refractivity contribution in [3.05, 3.63) is 0 Å². The molecule has 1 nitrogen and oxygen atoms in total. The SMILES string of the molecule is CSCCCCCCNC1CCCC(C(C)(C)C)CC1. The van der Waals surface area contributed by atoms with Gasteiger partial charge in [0.1, 0.15) is 0 Å². The molecule has 2 unspecified atom stereocenters. The lowest BCUT2D eigenvalue weighted by Crippen LogP contribution is -2.29. The van der Waals surface area contributed by atoms with Gasteiger partial charge in [-0.1, -0.05) is 40.0 Å². The van der Waals surface area contributed by atoms with Crippen LogP contribution in [0.1, 0.15) is 78.6 Å². The standard InChI is InChI=1S/C18H37NS/c1-18(2,3)16-10-9-11-17(13-12-16)19-14-7-5-6-8-15-20-4/h16-17,19H,5-15H2,1-4H3. The molecule has 1 fully saturated rings. The van der Waals surface area contributed by atoms with Gasteiger partial charge in [0.25, 0.3) is 0 Å². The summed E-state index contributed by atoms with van der Waals surface area (Å²) in [6.45, 7) is 8.49. The summed E-state index contributed by atoms with van der Waals surface area (Å²) in [5.74, 6) is 2.27. The Balaban J connectivity index is 2.07. The molecule has 0 aromatic rings. The van der Waals surface area contributed by atoms with Crippen LogP contribution in [0.15, 0.2) is 0 Å². The van der Waals surface area contributed by atoms with Crippen LogP contribution in [0.2, 0.25) is 0 Å². The molecule has 1 N–H and O–H groups in total. The van der Waals surface area contributed by atoms with Crippen LogP contribution in [-0.4, -0.2) is 24.6 Å². The topological polar surface area (TPSA) is 12.0 Å². The van der Waals surface area contributed by atoms with Crippen molar-refractivity contribution in [2.24, 2.45) is 11.3 Å². The highest BCUT2D eigenvalue weighted by Gasteiger charge is 2.27. The smallest absolute Gasteiger partial charge is 0.00671 e. The van der Waals surface area contributed by atoms with Gasteiger partial charge >= 0.3 is 0 Å². The first-order valence-electron chi connectivity index (χ1n) is 8.76. The van der Waals surface area contributed by atoms with Crippen LogP contribution in [0.5, 0.6) is 0 Å². The normalized spacial score (nSPS) is 24.6. The van der Waals surface area contributed by atoms with Crippen molar-refractivity contribution in [1.29, 1.82) is 0 Å². The van der Waals surface area contributed by atoms with E-state index in [1.165, 1.54) is 70.1 Å². The monoisotopic (exact) mass is 299 g/mol. The minimum Gasteiger partial charge on any atom is -0.314 e. The molecule has 120 valence electrons. The van der Waals surface area contributed by atoms with E-state index in [4.69, 9.17) is 0 Å². The Labute approximate surface area is 132 Å². The molecule has 1 saturated carbocycles. The molecule has 0 saturated heterocycles. The average Bonchev–Trinajstić information content (AvgIpc) is 2.63. The molecule has 0 aromatic carbocycles. The molecule has 1 aliphatic carbocycles. The van der Waals surface area contributed by atoms with E-state index in [1.807, 2.05) is 11.8 Å². The molecule has 0 aromatic heterocycles. The minimum absolute atomic E-state index is 0.506. The highest BCUT2D eigenvalue weighted by molar-refractivity contribution is 7.98. The zero-order valence-electron chi connectivity index (χ0n) is 14.3. The van der Waals surface area contributed by atoms with E-state index < -0.39 is 0 Å². The van der Waals surface area contributed by atoms with Crippen LogP contribution in [-0.2, 0) is 0 Å². The highest BCUT2D eigenvalue weighted by atomic mass is 32.2. The van der Waals surface area contributed by atoms with Gasteiger partial charge in [-0.05, 0) is 68.4 Å². The number of nitrogens with one attached hydrogen (secondary N) is 1. The summed E-state index contributed by atoms with van der Waals surface area (Å²) < 4.78 is 0. The van der Waals surface area contributed by atoms with Crippen LogP contribution in [0.4, 0.5) is 0 Å². The van der Waals surface area contributed by atoms with Gasteiger partial charge in [0.15, 0.2) is 0 Å². The van der Waals surface area contributed by atoms with E-state index in [0.717, 1.165) is 12.0 Å². The fourth-order valence-corrected chi connectivity index (χ4v) is 3.90. The zero-order valence-corrected chi connectivity index (χ0v) is 15.2. The summed E-state index contributed by atoms with van der Waals surface area (Å²) in [4.78, 5) is 0. The Morgan fingerprint density at radius 2 is 1.70 bits per heavy atom. The van der Waals surface area contributed by atoms with Crippen molar-refractivity contribution in [2.45, 2.75) is 84.6 Å². The van der Waals surface area contributed by atoms with Crippen LogP contribution < -0.4 is 5.32 Å². The van der Waals surface area contributed by atoms with E-state index in [9.17, 15) is 0 Å². The zero-order chi connectivity index (χ0) is 14.8. The third kappa shape index (κ3) is 7.93. The van der Waals surface area contributed by atoms with Crippen molar-refractivity contribution in [3.63, 3.8) is 0 Å². The maximum absolute atomic E-state index is 3.82. The molecular weight excluding hydrogens is 262 g/mol. The predicted molar refractivity (Wildman–Crippen MR) is 94.7 cm³/mol. The number of rotatable bonds is 8. The Morgan fingerprint density at radius 3 is 2.40 bits per heavy atom. The summed E-state index contributed by atoms with van der Waals surface area (Å²) >= 11 is 1.98. The van der Waals surface area contributed by atoms with Crippen molar-refractivity contribution in [1.82, 2.24) is 5.32 Å². The second-order valence-electron chi connectivity index (χ2n) is 7.63. The number of thioether (sulfide) groups is 1. The summed E-state index contributed by atoms with van der Waals surface area (Å²) in [5.41, 5.74) is 0.506. The second-order valence-corrected chi connectivity index (χ2v) is 8.61. The van der Waals surface area contributed by atoms with Crippen LogP contribution >= 0.6 is 11.8 Å². The largest absolute Gasteiger partial charge is 0.314 e. The van der Waals surface area contributed by atoms with Crippen LogP contribution in [0.3, 0.4) is 0 Å². The summed E-state index contributed by atoms with van der Waals surface area (Å²) in [5, 5.41) is 3.82. The van der Waals surface area contributed by atoms with E-state index in [2.05, 4.69) is 32.3 Å². The maximum atomic E-state index is 3.82. The van der Waals surface area contributed by atoms with E-state index in [1.54, 1.807) is 0 Å². The van der Waals surface area contributed by atoms with E-state index in [-0.39, 0.29) is 0 Å². The van der Waals surface area contributed by atoms with Gasteiger partial charge in [0.05, 0.1) is 0 Å². The Hall–Kier alpha value is 0.310. The molecule has 0 heterocycles. The quantitative estimate of drug-likeness (QED) is 0.469. The molecule has 0 bridgehead atoms. The van der Waals surface area contributed by atoms with Crippen molar-refractivity contribution < 1.29 is 0 Å². The number of hydrogen-bond acceptors (Lipinski definition) is 2. The molecular formula is C18H37NS. The molecule has 2 atom stereocenters. The second kappa shape index (κ2) is 10.1. The molecule has 1 rings (SSSR count). The van der Waals surface area contributed by atoms with Gasteiger partial charge in [-0.15, -0.1) is 0 Å². The molecule has 1 aliphatic rings. The lowest BCUT2D eigenvalue weighted by atomic mass is 9.76.